The minimum Gasteiger partial charge on any atom is -0.308 e. The minimum absolute atomic E-state index is 0.0439. The van der Waals surface area contributed by atoms with Gasteiger partial charge >= 0.3 is 0 Å². The maximum absolute atomic E-state index is 9.25. The summed E-state index contributed by atoms with van der Waals surface area (Å²) >= 11 is 0. The van der Waals surface area contributed by atoms with E-state index in [1.54, 1.807) is 4.57 Å². The van der Waals surface area contributed by atoms with E-state index in [0.29, 0.717) is 28.7 Å². The van der Waals surface area contributed by atoms with Gasteiger partial charge in [-0.2, -0.15) is 0 Å². The Morgan fingerprint density at radius 3 is 1.33 bits per heavy atom. The van der Waals surface area contributed by atoms with Gasteiger partial charge in [0.1, 0.15) is 0 Å². The molecular formula is C45H28N4. The Morgan fingerprint density at radius 1 is 0.388 bits per heavy atom. The summed E-state index contributed by atoms with van der Waals surface area (Å²) in [6, 6.07) is 41.8. The number of fused-ring (bicyclic) bond motifs is 9. The van der Waals surface area contributed by atoms with Crippen molar-refractivity contribution < 1.29 is 8.22 Å². The Kier molecular flexibility index (Phi) is 4.93. The number of para-hydroxylation sites is 2. The molecule has 0 radical (unpaired) electrons. The fourth-order valence-corrected chi connectivity index (χ4v) is 6.99. The molecule has 0 saturated heterocycles. The third-order valence-corrected chi connectivity index (χ3v) is 9.17. The number of benzene rings is 8. The van der Waals surface area contributed by atoms with Crippen LogP contribution in [0.25, 0.3) is 94.0 Å². The van der Waals surface area contributed by atoms with Crippen molar-refractivity contribution in [3.8, 4) is 39.9 Å². The topological polar surface area (TPSA) is 43.6 Å². The van der Waals surface area contributed by atoms with Crippen molar-refractivity contribution in [2.24, 2.45) is 0 Å². The first-order valence-electron chi connectivity index (χ1n) is 19.0. The first-order valence-corrected chi connectivity index (χ1v) is 16.0. The second kappa shape index (κ2) is 11.0. The van der Waals surface area contributed by atoms with E-state index in [-0.39, 0.29) is 58.1 Å². The van der Waals surface area contributed by atoms with E-state index in [4.69, 9.17) is 20.4 Å². The summed E-state index contributed by atoms with van der Waals surface area (Å²) in [5.41, 5.74) is 3.21. The maximum Gasteiger partial charge on any atom is 0.166 e. The van der Waals surface area contributed by atoms with Crippen molar-refractivity contribution in [3.63, 3.8) is 0 Å². The van der Waals surface area contributed by atoms with Crippen LogP contribution in [0.4, 0.5) is 0 Å². The molecule has 0 N–H and O–H groups in total. The van der Waals surface area contributed by atoms with E-state index < -0.39 is 0 Å². The molecule has 0 spiro atoms. The molecule has 0 atom stereocenters. The maximum atomic E-state index is 9.25. The van der Waals surface area contributed by atoms with Crippen molar-refractivity contribution in [1.82, 2.24) is 19.5 Å². The first kappa shape index (κ1) is 22.0. The average molecular weight is 631 g/mol. The number of nitrogens with zero attached hydrogens (tertiary/aromatic N) is 4. The van der Waals surface area contributed by atoms with Crippen LogP contribution in [-0.2, 0) is 0 Å². The van der Waals surface area contributed by atoms with Gasteiger partial charge < -0.3 is 4.57 Å². The van der Waals surface area contributed by atoms with Gasteiger partial charge in [-0.3, -0.25) is 0 Å². The summed E-state index contributed by atoms with van der Waals surface area (Å²) in [6.07, 6.45) is 0. The molecule has 2 aromatic heterocycles. The second-order valence-corrected chi connectivity index (χ2v) is 11.9. The van der Waals surface area contributed by atoms with Crippen molar-refractivity contribution in [2.75, 3.05) is 0 Å². The normalized spacial score (nSPS) is 13.4. The molecule has 0 aliphatic heterocycles. The van der Waals surface area contributed by atoms with E-state index in [1.165, 1.54) is 12.1 Å². The van der Waals surface area contributed by atoms with Crippen molar-refractivity contribution in [3.05, 3.63) is 170 Å². The Balaban J connectivity index is 1.45. The van der Waals surface area contributed by atoms with Gasteiger partial charge in [0.05, 0.1) is 24.9 Å². The van der Waals surface area contributed by atoms with Gasteiger partial charge in [-0.15, -0.1) is 0 Å². The first-order chi connectivity index (χ1) is 26.8. The summed E-state index contributed by atoms with van der Waals surface area (Å²) in [4.78, 5) is 15.2. The summed E-state index contributed by atoms with van der Waals surface area (Å²) in [6.45, 7) is 0. The molecule has 2 heterocycles. The molecule has 8 aromatic carbocycles. The number of hydrogen-bond acceptors (Lipinski definition) is 3. The highest BCUT2D eigenvalue weighted by Crippen LogP contribution is 2.42. The highest BCUT2D eigenvalue weighted by atomic mass is 15.1. The standard InChI is InChI=1S/C45H28N4/c1-3-15-29(16-4-1)43-46-44(30-17-5-2-6-18-30)48-45(47-43)39-27-37-33-21-9-7-19-31(33)32-20-8-10-22-34(32)38(37)28-42(39)49-40-25-13-11-23-35(40)36-24-12-14-26-41(36)49/h1-28H/i11D,12D,23D,24D,25D,26D. The van der Waals surface area contributed by atoms with Crippen LogP contribution in [-0.4, -0.2) is 19.5 Å². The molecule has 10 rings (SSSR count). The molecular weight excluding hydrogens is 597 g/mol. The van der Waals surface area contributed by atoms with Crippen LogP contribution < -0.4 is 0 Å². The zero-order valence-electron chi connectivity index (χ0n) is 32.0. The van der Waals surface area contributed by atoms with Crippen LogP contribution >= 0.6 is 0 Å². The van der Waals surface area contributed by atoms with Crippen molar-refractivity contribution in [1.29, 1.82) is 0 Å². The Bertz CT molecular complexity index is 3090. The number of rotatable bonds is 4. The van der Waals surface area contributed by atoms with Gasteiger partial charge in [0.25, 0.3) is 0 Å². The smallest absolute Gasteiger partial charge is 0.166 e. The Labute approximate surface area is 291 Å². The lowest BCUT2D eigenvalue weighted by molar-refractivity contribution is 1.07. The van der Waals surface area contributed by atoms with Gasteiger partial charge in [-0.25, -0.2) is 15.0 Å². The highest BCUT2D eigenvalue weighted by molar-refractivity contribution is 6.26. The zero-order valence-corrected chi connectivity index (χ0v) is 26.0. The molecule has 10 aromatic rings. The summed E-state index contributed by atoms with van der Waals surface area (Å²) in [5.74, 6) is 1.27. The highest BCUT2D eigenvalue weighted by Gasteiger charge is 2.21. The number of hydrogen-bond donors (Lipinski definition) is 0. The van der Waals surface area contributed by atoms with Crippen LogP contribution in [0.2, 0.25) is 0 Å². The van der Waals surface area contributed by atoms with Crippen molar-refractivity contribution >= 4 is 54.1 Å². The van der Waals surface area contributed by atoms with Crippen LogP contribution in [0.5, 0.6) is 0 Å². The fraction of sp³-hybridized carbons (Fsp3) is 0. The lowest BCUT2D eigenvalue weighted by Gasteiger charge is -2.18. The number of aromatic nitrogens is 4. The minimum atomic E-state index is -0.176. The molecule has 4 heteroatoms. The average Bonchev–Trinajstić information content (AvgIpc) is 3.60. The van der Waals surface area contributed by atoms with Gasteiger partial charge in [0.15, 0.2) is 17.5 Å². The molecule has 4 nitrogen and oxygen atoms in total. The molecule has 0 aliphatic rings. The SMILES string of the molecule is [2H]c1cc([2H])c2c(c1[2H])c1c([2H])c([2H])cc([2H])c1n2-c1cc2c3ccccc3c3ccccc3c2cc1-c1nc(-c2ccccc2)nc(-c2ccccc2)n1. The Hall–Kier alpha value is -6.65. The van der Waals surface area contributed by atoms with Gasteiger partial charge in [-0.05, 0) is 56.5 Å². The van der Waals surface area contributed by atoms with Crippen LogP contribution in [0.3, 0.4) is 0 Å². The van der Waals surface area contributed by atoms with Crippen LogP contribution in [0.1, 0.15) is 8.22 Å². The van der Waals surface area contributed by atoms with E-state index in [0.717, 1.165) is 43.4 Å². The predicted octanol–water partition coefficient (Wildman–Crippen LogP) is 11.4. The van der Waals surface area contributed by atoms with E-state index in [9.17, 15) is 2.74 Å². The fourth-order valence-electron chi connectivity index (χ4n) is 6.99. The molecule has 0 amide bonds. The van der Waals surface area contributed by atoms with Crippen molar-refractivity contribution in [2.45, 2.75) is 0 Å². The van der Waals surface area contributed by atoms with Gasteiger partial charge in [-0.1, -0.05) is 145 Å². The van der Waals surface area contributed by atoms with Crippen LogP contribution in [0.15, 0.2) is 170 Å². The molecule has 0 bridgehead atoms. The summed E-state index contributed by atoms with van der Waals surface area (Å²) < 4.78 is 55.5. The summed E-state index contributed by atoms with van der Waals surface area (Å²) in [7, 11) is 0. The largest absolute Gasteiger partial charge is 0.308 e. The molecule has 228 valence electrons. The monoisotopic (exact) mass is 630 g/mol. The molecule has 0 aliphatic carbocycles. The lowest BCUT2D eigenvalue weighted by atomic mass is 9.92. The van der Waals surface area contributed by atoms with E-state index in [2.05, 4.69) is 30.3 Å². The Morgan fingerprint density at radius 2 is 0.816 bits per heavy atom. The van der Waals surface area contributed by atoms with Gasteiger partial charge in [0, 0.05) is 27.5 Å². The molecule has 0 unspecified atom stereocenters. The lowest BCUT2D eigenvalue weighted by Crippen LogP contribution is -2.04. The van der Waals surface area contributed by atoms with Gasteiger partial charge in [0.2, 0.25) is 0 Å². The van der Waals surface area contributed by atoms with E-state index >= 15 is 0 Å². The van der Waals surface area contributed by atoms with Crippen LogP contribution in [0, 0.1) is 0 Å². The zero-order chi connectivity index (χ0) is 37.5. The molecule has 49 heavy (non-hydrogen) atoms. The molecule has 0 saturated carbocycles. The third-order valence-electron chi connectivity index (χ3n) is 9.17. The predicted molar refractivity (Wildman–Crippen MR) is 203 cm³/mol. The quantitative estimate of drug-likeness (QED) is 0.182. The second-order valence-electron chi connectivity index (χ2n) is 11.9. The third kappa shape index (κ3) is 4.35. The summed E-state index contributed by atoms with van der Waals surface area (Å²) in [5, 5.41) is 6.38. The van der Waals surface area contributed by atoms with E-state index in [1.807, 2.05) is 91.0 Å². The molecule has 0 fully saturated rings.